The van der Waals surface area contributed by atoms with Gasteiger partial charge in [0.15, 0.2) is 0 Å². The van der Waals surface area contributed by atoms with E-state index in [1.165, 1.54) is 0 Å². The fraction of sp³-hybridized carbons (Fsp3) is 0. The van der Waals surface area contributed by atoms with Crippen LogP contribution in [0.5, 0.6) is 0 Å². The molecule has 84 valence electrons. The molecule has 2 rings (SSSR count). The first-order chi connectivity index (χ1) is 7.20. The zero-order valence-corrected chi connectivity index (χ0v) is 10.6. The second-order valence-corrected chi connectivity index (χ2v) is 3.97. The van der Waals surface area contributed by atoms with E-state index in [0.717, 1.165) is 11.1 Å². The van der Waals surface area contributed by atoms with Gasteiger partial charge in [0.1, 0.15) is 0 Å². The number of nitrogen functional groups attached to an aromatic ring is 1. The number of anilines is 1. The van der Waals surface area contributed by atoms with E-state index in [-0.39, 0.29) is 12.4 Å². The van der Waals surface area contributed by atoms with Crippen molar-refractivity contribution >= 4 is 41.3 Å². The maximum absolute atomic E-state index is 5.98. The summed E-state index contributed by atoms with van der Waals surface area (Å²) >= 11 is 11.8. The Morgan fingerprint density at radius 2 is 1.50 bits per heavy atom. The zero-order valence-electron chi connectivity index (χ0n) is 8.28. The van der Waals surface area contributed by atoms with Gasteiger partial charge in [0.25, 0.3) is 0 Å². The van der Waals surface area contributed by atoms with Gasteiger partial charge in [0.05, 0.1) is 15.7 Å². The Morgan fingerprint density at radius 1 is 0.875 bits per heavy atom. The molecule has 2 N–H and O–H groups in total. The summed E-state index contributed by atoms with van der Waals surface area (Å²) in [5, 5.41) is 0.895. The van der Waals surface area contributed by atoms with Crippen LogP contribution in [0.3, 0.4) is 0 Å². The molecule has 0 saturated carbocycles. The monoisotopic (exact) mass is 273 g/mol. The van der Waals surface area contributed by atoms with Gasteiger partial charge < -0.3 is 5.73 Å². The Hall–Kier alpha value is -0.890. The maximum atomic E-state index is 5.98. The molecule has 0 amide bonds. The molecule has 16 heavy (non-hydrogen) atoms. The van der Waals surface area contributed by atoms with E-state index in [1.807, 2.05) is 36.4 Å². The van der Waals surface area contributed by atoms with E-state index in [2.05, 4.69) is 0 Å². The number of hydrogen-bond donors (Lipinski definition) is 1. The maximum Gasteiger partial charge on any atom is 0.0827 e. The van der Waals surface area contributed by atoms with E-state index in [1.54, 1.807) is 6.07 Å². The molecule has 0 heterocycles. The molecule has 2 aromatic rings. The fourth-order valence-corrected chi connectivity index (χ4v) is 1.77. The lowest BCUT2D eigenvalue weighted by atomic mass is 10.0. The van der Waals surface area contributed by atoms with Crippen LogP contribution in [-0.2, 0) is 0 Å². The lowest BCUT2D eigenvalue weighted by Crippen LogP contribution is -1.91. The van der Waals surface area contributed by atoms with Crippen LogP contribution in [0.2, 0.25) is 10.0 Å². The van der Waals surface area contributed by atoms with Crippen molar-refractivity contribution in [3.05, 3.63) is 52.5 Å². The van der Waals surface area contributed by atoms with Gasteiger partial charge in [0.2, 0.25) is 0 Å². The highest BCUT2D eigenvalue weighted by Gasteiger charge is 2.08. The van der Waals surface area contributed by atoms with Crippen molar-refractivity contribution in [3.8, 4) is 11.1 Å². The summed E-state index contributed by atoms with van der Waals surface area (Å²) in [7, 11) is 0. The molecular formula is C12H10Cl3N. The van der Waals surface area contributed by atoms with Crippen molar-refractivity contribution in [1.82, 2.24) is 0 Å². The first kappa shape index (κ1) is 13.2. The van der Waals surface area contributed by atoms with E-state index >= 15 is 0 Å². The predicted octanol–water partition coefficient (Wildman–Crippen LogP) is 4.66. The van der Waals surface area contributed by atoms with Crippen molar-refractivity contribution in [1.29, 1.82) is 0 Å². The van der Waals surface area contributed by atoms with Crippen molar-refractivity contribution in [3.63, 3.8) is 0 Å². The molecule has 1 nitrogen and oxygen atoms in total. The van der Waals surface area contributed by atoms with Crippen molar-refractivity contribution < 1.29 is 0 Å². The van der Waals surface area contributed by atoms with Crippen molar-refractivity contribution in [2.75, 3.05) is 5.73 Å². The first-order valence-corrected chi connectivity index (χ1v) is 5.24. The van der Waals surface area contributed by atoms with Gasteiger partial charge in [-0.05, 0) is 11.6 Å². The zero-order chi connectivity index (χ0) is 10.8. The van der Waals surface area contributed by atoms with Gasteiger partial charge in [-0.3, -0.25) is 0 Å². The van der Waals surface area contributed by atoms with Gasteiger partial charge in [0, 0.05) is 5.56 Å². The average Bonchev–Trinajstić information content (AvgIpc) is 2.27. The second-order valence-electron chi connectivity index (χ2n) is 3.19. The molecule has 0 saturated heterocycles. The molecule has 0 aromatic heterocycles. The summed E-state index contributed by atoms with van der Waals surface area (Å²) in [6.45, 7) is 0. The lowest BCUT2D eigenvalue weighted by Gasteiger charge is -2.08. The molecule has 0 spiro atoms. The standard InChI is InChI=1S/C12H9Cl2N.ClH/c13-10-7-6-9(12(15)11(10)14)8-4-2-1-3-5-8;/h1-7H,15H2;1H. The van der Waals surface area contributed by atoms with E-state index in [0.29, 0.717) is 15.7 Å². The van der Waals surface area contributed by atoms with Crippen LogP contribution in [0.4, 0.5) is 5.69 Å². The highest BCUT2D eigenvalue weighted by molar-refractivity contribution is 6.44. The molecule has 2 aromatic carbocycles. The van der Waals surface area contributed by atoms with Crippen molar-refractivity contribution in [2.24, 2.45) is 0 Å². The van der Waals surface area contributed by atoms with Gasteiger partial charge in [-0.25, -0.2) is 0 Å². The Kier molecular flexibility index (Phi) is 4.48. The third kappa shape index (κ3) is 2.43. The second kappa shape index (κ2) is 5.44. The molecular weight excluding hydrogens is 264 g/mol. The number of nitrogens with two attached hydrogens (primary N) is 1. The normalized spacial score (nSPS) is 9.62. The molecule has 0 fully saturated rings. The first-order valence-electron chi connectivity index (χ1n) is 4.49. The van der Waals surface area contributed by atoms with Crippen LogP contribution in [0.1, 0.15) is 0 Å². The van der Waals surface area contributed by atoms with Crippen LogP contribution >= 0.6 is 35.6 Å². The number of benzene rings is 2. The molecule has 0 aliphatic carbocycles. The van der Waals surface area contributed by atoms with Crippen LogP contribution in [-0.4, -0.2) is 0 Å². The Bertz CT molecular complexity index is 483. The fourth-order valence-electron chi connectivity index (χ4n) is 1.44. The summed E-state index contributed by atoms with van der Waals surface area (Å²) in [5.74, 6) is 0. The minimum Gasteiger partial charge on any atom is -0.397 e. The third-order valence-electron chi connectivity index (χ3n) is 2.22. The molecule has 4 heteroatoms. The average molecular weight is 275 g/mol. The quantitative estimate of drug-likeness (QED) is 0.752. The summed E-state index contributed by atoms with van der Waals surface area (Å²) in [6, 6.07) is 13.5. The van der Waals surface area contributed by atoms with Crippen molar-refractivity contribution in [2.45, 2.75) is 0 Å². The smallest absolute Gasteiger partial charge is 0.0827 e. The van der Waals surface area contributed by atoms with E-state index in [4.69, 9.17) is 28.9 Å². The van der Waals surface area contributed by atoms with Crippen LogP contribution in [0.25, 0.3) is 11.1 Å². The minimum atomic E-state index is 0. The molecule has 0 radical (unpaired) electrons. The predicted molar refractivity (Wildman–Crippen MR) is 73.6 cm³/mol. The van der Waals surface area contributed by atoms with Gasteiger partial charge in [-0.1, -0.05) is 59.6 Å². The molecule has 0 unspecified atom stereocenters. The van der Waals surface area contributed by atoms with Crippen LogP contribution < -0.4 is 5.73 Å². The minimum absolute atomic E-state index is 0. The molecule has 0 aliphatic rings. The number of rotatable bonds is 1. The van der Waals surface area contributed by atoms with Gasteiger partial charge in [-0.15, -0.1) is 12.4 Å². The summed E-state index contributed by atoms with van der Waals surface area (Å²) in [6.07, 6.45) is 0. The molecule has 0 atom stereocenters. The topological polar surface area (TPSA) is 26.0 Å². The lowest BCUT2D eigenvalue weighted by molar-refractivity contribution is 1.61. The van der Waals surface area contributed by atoms with Crippen LogP contribution in [0, 0.1) is 0 Å². The Morgan fingerprint density at radius 3 is 2.12 bits per heavy atom. The summed E-state index contributed by atoms with van der Waals surface area (Å²) in [4.78, 5) is 0. The number of halogens is 3. The number of hydrogen-bond acceptors (Lipinski definition) is 1. The van der Waals surface area contributed by atoms with E-state index < -0.39 is 0 Å². The summed E-state index contributed by atoms with van der Waals surface area (Å²) < 4.78 is 0. The van der Waals surface area contributed by atoms with E-state index in [9.17, 15) is 0 Å². The SMILES string of the molecule is Cl.Nc1c(-c2ccccc2)ccc(Cl)c1Cl. The largest absolute Gasteiger partial charge is 0.397 e. The highest BCUT2D eigenvalue weighted by atomic mass is 35.5. The Balaban J connectivity index is 0.00000128. The van der Waals surface area contributed by atoms with Crippen LogP contribution in [0.15, 0.2) is 42.5 Å². The Labute approximate surface area is 111 Å². The van der Waals surface area contributed by atoms with Gasteiger partial charge >= 0.3 is 0 Å². The molecule has 0 bridgehead atoms. The highest BCUT2D eigenvalue weighted by Crippen LogP contribution is 2.36. The third-order valence-corrected chi connectivity index (χ3v) is 3.04. The molecule has 0 aliphatic heterocycles. The summed E-state index contributed by atoms with van der Waals surface area (Å²) in [5.41, 5.74) is 8.37. The van der Waals surface area contributed by atoms with Gasteiger partial charge in [-0.2, -0.15) is 0 Å².